The van der Waals surface area contributed by atoms with Gasteiger partial charge in [-0.25, -0.2) is 0 Å². The zero-order valence-electron chi connectivity index (χ0n) is 13.9. The molecule has 4 fully saturated rings. The van der Waals surface area contributed by atoms with Crippen molar-refractivity contribution in [3.05, 3.63) is 0 Å². The predicted molar refractivity (Wildman–Crippen MR) is 85.7 cm³/mol. The highest BCUT2D eigenvalue weighted by atomic mass is 16.3. The molecule has 0 aromatic carbocycles. The molecule has 4 rings (SSSR count). The number of fused-ring (bicyclic) bond motifs is 5. The van der Waals surface area contributed by atoms with Crippen molar-refractivity contribution in [3.63, 3.8) is 0 Å². The first-order valence-corrected chi connectivity index (χ1v) is 9.42. The van der Waals surface area contributed by atoms with Crippen molar-refractivity contribution < 1.29 is 5.11 Å². The smallest absolute Gasteiger partial charge is 0.0544 e. The van der Waals surface area contributed by atoms with E-state index >= 15 is 0 Å². The van der Waals surface area contributed by atoms with Crippen LogP contribution in [-0.2, 0) is 0 Å². The SMILES string of the molecule is C[C@H]1CCC2C3CC[C@H]4CC(O)CC[C@]4(N)C3CC[C@@]21C. The molecule has 8 atom stereocenters. The van der Waals surface area contributed by atoms with E-state index in [9.17, 15) is 5.11 Å². The molecule has 0 spiro atoms. The Hall–Kier alpha value is -0.0800. The third-order valence-corrected chi connectivity index (χ3v) is 8.68. The summed E-state index contributed by atoms with van der Waals surface area (Å²) >= 11 is 0. The molecular weight excluding hydrogens is 258 g/mol. The first-order chi connectivity index (χ1) is 9.95. The fraction of sp³-hybridized carbons (Fsp3) is 1.00. The molecule has 21 heavy (non-hydrogen) atoms. The highest BCUT2D eigenvalue weighted by molar-refractivity contribution is 5.12. The van der Waals surface area contributed by atoms with Crippen LogP contribution in [-0.4, -0.2) is 16.7 Å². The summed E-state index contributed by atoms with van der Waals surface area (Å²) in [6.07, 6.45) is 11.2. The van der Waals surface area contributed by atoms with Crippen LogP contribution in [0.3, 0.4) is 0 Å². The van der Waals surface area contributed by atoms with E-state index in [1.807, 2.05) is 0 Å². The summed E-state index contributed by atoms with van der Waals surface area (Å²) in [7, 11) is 0. The summed E-state index contributed by atoms with van der Waals surface area (Å²) < 4.78 is 0. The molecule has 2 nitrogen and oxygen atoms in total. The van der Waals surface area contributed by atoms with Gasteiger partial charge in [-0.3, -0.25) is 0 Å². The van der Waals surface area contributed by atoms with Gasteiger partial charge in [0.2, 0.25) is 0 Å². The maximum atomic E-state index is 10.0. The van der Waals surface area contributed by atoms with Gasteiger partial charge in [0.25, 0.3) is 0 Å². The van der Waals surface area contributed by atoms with Crippen molar-refractivity contribution in [1.82, 2.24) is 0 Å². The summed E-state index contributed by atoms with van der Waals surface area (Å²) in [6, 6.07) is 0. The van der Waals surface area contributed by atoms with E-state index in [4.69, 9.17) is 5.73 Å². The summed E-state index contributed by atoms with van der Waals surface area (Å²) in [4.78, 5) is 0. The molecule has 0 amide bonds. The van der Waals surface area contributed by atoms with Gasteiger partial charge in [0.15, 0.2) is 0 Å². The van der Waals surface area contributed by atoms with Gasteiger partial charge in [-0.1, -0.05) is 13.8 Å². The lowest BCUT2D eigenvalue weighted by Crippen LogP contribution is -2.64. The minimum atomic E-state index is -0.0800. The Morgan fingerprint density at radius 2 is 1.76 bits per heavy atom. The zero-order chi connectivity index (χ0) is 14.8. The van der Waals surface area contributed by atoms with Crippen molar-refractivity contribution in [3.8, 4) is 0 Å². The van der Waals surface area contributed by atoms with Crippen molar-refractivity contribution in [2.75, 3.05) is 0 Å². The van der Waals surface area contributed by atoms with E-state index in [0.717, 1.165) is 42.9 Å². The predicted octanol–water partition coefficient (Wildman–Crippen LogP) is 3.72. The molecule has 0 radical (unpaired) electrons. The molecule has 0 aromatic rings. The van der Waals surface area contributed by atoms with E-state index in [1.165, 1.54) is 38.5 Å². The summed E-state index contributed by atoms with van der Waals surface area (Å²) in [5, 5.41) is 10.0. The van der Waals surface area contributed by atoms with E-state index in [-0.39, 0.29) is 11.6 Å². The molecule has 4 aliphatic rings. The lowest BCUT2D eigenvalue weighted by atomic mass is 9.47. The quantitative estimate of drug-likeness (QED) is 0.714. The van der Waals surface area contributed by atoms with Crippen LogP contribution in [0.4, 0.5) is 0 Å². The monoisotopic (exact) mass is 291 g/mol. The van der Waals surface area contributed by atoms with Gasteiger partial charge < -0.3 is 10.8 Å². The van der Waals surface area contributed by atoms with Crippen molar-refractivity contribution in [1.29, 1.82) is 0 Å². The molecule has 0 aliphatic heterocycles. The Bertz CT molecular complexity index is 424. The molecule has 0 heterocycles. The molecule has 4 unspecified atom stereocenters. The second kappa shape index (κ2) is 4.71. The van der Waals surface area contributed by atoms with Crippen LogP contribution in [0.15, 0.2) is 0 Å². The minimum absolute atomic E-state index is 0.0509. The number of aliphatic hydroxyl groups excluding tert-OH is 1. The van der Waals surface area contributed by atoms with Crippen LogP contribution in [0.1, 0.15) is 71.6 Å². The summed E-state index contributed by atoms with van der Waals surface area (Å²) in [6.45, 7) is 5.06. The van der Waals surface area contributed by atoms with Crippen molar-refractivity contribution in [2.45, 2.75) is 83.3 Å². The number of rotatable bonds is 0. The Morgan fingerprint density at radius 3 is 2.57 bits per heavy atom. The van der Waals surface area contributed by atoms with Crippen molar-refractivity contribution >= 4 is 0 Å². The number of aliphatic hydroxyl groups is 1. The van der Waals surface area contributed by atoms with Gasteiger partial charge in [-0.2, -0.15) is 0 Å². The molecular formula is C19H33NO. The van der Waals surface area contributed by atoms with E-state index in [0.29, 0.717) is 11.3 Å². The van der Waals surface area contributed by atoms with Crippen LogP contribution in [0.25, 0.3) is 0 Å². The van der Waals surface area contributed by atoms with Crippen LogP contribution < -0.4 is 5.73 Å². The van der Waals surface area contributed by atoms with E-state index < -0.39 is 0 Å². The molecule has 3 N–H and O–H groups in total. The number of hydrogen-bond donors (Lipinski definition) is 2. The first kappa shape index (κ1) is 14.5. The molecule has 0 aromatic heterocycles. The van der Waals surface area contributed by atoms with Crippen molar-refractivity contribution in [2.24, 2.45) is 40.7 Å². The molecule has 2 heteroatoms. The molecule has 0 bridgehead atoms. The third-order valence-electron chi connectivity index (χ3n) is 8.68. The van der Waals surface area contributed by atoms with Gasteiger partial charge in [-0.05, 0) is 92.8 Å². The fourth-order valence-electron chi connectivity index (χ4n) is 7.17. The third kappa shape index (κ3) is 1.91. The topological polar surface area (TPSA) is 46.2 Å². The summed E-state index contributed by atoms with van der Waals surface area (Å²) in [5.74, 6) is 4.05. The first-order valence-electron chi connectivity index (χ1n) is 9.42. The zero-order valence-corrected chi connectivity index (χ0v) is 13.9. The lowest BCUT2D eigenvalue weighted by molar-refractivity contribution is -0.0895. The summed E-state index contributed by atoms with van der Waals surface area (Å²) in [5.41, 5.74) is 7.68. The van der Waals surface area contributed by atoms with Gasteiger partial charge >= 0.3 is 0 Å². The van der Waals surface area contributed by atoms with Crippen LogP contribution in [0.5, 0.6) is 0 Å². The molecule has 120 valence electrons. The van der Waals surface area contributed by atoms with Crippen LogP contribution in [0, 0.1) is 35.0 Å². The highest BCUT2D eigenvalue weighted by Crippen LogP contribution is 2.64. The van der Waals surface area contributed by atoms with Gasteiger partial charge in [0, 0.05) is 5.54 Å². The maximum Gasteiger partial charge on any atom is 0.0544 e. The lowest BCUT2D eigenvalue weighted by Gasteiger charge is -2.60. The second-order valence-electron chi connectivity index (χ2n) is 9.21. The van der Waals surface area contributed by atoms with E-state index in [2.05, 4.69) is 13.8 Å². The molecule has 4 saturated carbocycles. The second-order valence-corrected chi connectivity index (χ2v) is 9.21. The average molecular weight is 291 g/mol. The normalized spacial score (nSPS) is 60.0. The fourth-order valence-corrected chi connectivity index (χ4v) is 7.17. The highest BCUT2D eigenvalue weighted by Gasteiger charge is 2.59. The molecule has 0 saturated heterocycles. The Morgan fingerprint density at radius 1 is 0.952 bits per heavy atom. The van der Waals surface area contributed by atoms with E-state index in [1.54, 1.807) is 0 Å². The maximum absolute atomic E-state index is 10.0. The Labute approximate surface area is 129 Å². The van der Waals surface area contributed by atoms with Gasteiger partial charge in [0.1, 0.15) is 0 Å². The Kier molecular flexibility index (Phi) is 3.25. The molecule has 4 aliphatic carbocycles. The number of hydrogen-bond acceptors (Lipinski definition) is 2. The van der Waals surface area contributed by atoms with Crippen LogP contribution in [0.2, 0.25) is 0 Å². The standard InChI is InChI=1S/C19H33NO/c1-12-3-6-16-15-5-4-13-11-14(21)7-10-19(13,20)17(15)8-9-18(12,16)2/h12-17,21H,3-11,20H2,1-2H3/t12-,13-,14?,15?,16?,17?,18+,19+/m0/s1. The largest absolute Gasteiger partial charge is 0.393 e. The minimum Gasteiger partial charge on any atom is -0.393 e. The average Bonchev–Trinajstić information content (AvgIpc) is 2.76. The van der Waals surface area contributed by atoms with Gasteiger partial charge in [-0.15, -0.1) is 0 Å². The van der Waals surface area contributed by atoms with Crippen LogP contribution >= 0.6 is 0 Å². The Balaban J connectivity index is 1.62. The van der Waals surface area contributed by atoms with Gasteiger partial charge in [0.05, 0.1) is 6.10 Å². The number of nitrogens with two attached hydrogens (primary N) is 1.